The number of aryl methyl sites for hydroxylation is 1. The number of hydrogen-bond acceptors (Lipinski definition) is 3. The fraction of sp³-hybridized carbons (Fsp3) is 0.500. The zero-order chi connectivity index (χ0) is 16.0. The fourth-order valence-electron chi connectivity index (χ4n) is 3.99. The largest absolute Gasteiger partial charge is 0.379 e. The Bertz CT molecular complexity index is 739. The van der Waals surface area contributed by atoms with Crippen molar-refractivity contribution in [3.05, 3.63) is 36.0 Å². The van der Waals surface area contributed by atoms with Crippen molar-refractivity contribution in [3.8, 4) is 0 Å². The summed E-state index contributed by atoms with van der Waals surface area (Å²) in [5.41, 5.74) is 1.90. The molecule has 0 unspecified atom stereocenters. The molecular formula is C18H23N3O2. The van der Waals surface area contributed by atoms with E-state index in [9.17, 15) is 4.79 Å². The molecule has 5 heteroatoms. The van der Waals surface area contributed by atoms with E-state index in [0.717, 1.165) is 42.7 Å². The third-order valence-electron chi connectivity index (χ3n) is 5.04. The van der Waals surface area contributed by atoms with Crippen LogP contribution in [0.25, 0.3) is 10.9 Å². The number of nitrogens with zero attached hydrogens (tertiary/aromatic N) is 3. The fourth-order valence-corrected chi connectivity index (χ4v) is 3.99. The molecule has 2 bridgehead atoms. The number of likely N-dealkylation sites (N-methyl/N-ethyl adjacent to an activating group) is 1. The summed E-state index contributed by atoms with van der Waals surface area (Å²) < 4.78 is 7.83. The number of hydrogen-bond donors (Lipinski definition) is 0. The Kier molecular flexibility index (Phi) is 3.62. The molecule has 2 atom stereocenters. The van der Waals surface area contributed by atoms with Crippen LogP contribution in [0.1, 0.15) is 10.4 Å². The van der Waals surface area contributed by atoms with Gasteiger partial charge in [0, 0.05) is 49.7 Å². The van der Waals surface area contributed by atoms with Gasteiger partial charge in [0.2, 0.25) is 0 Å². The smallest absolute Gasteiger partial charge is 0.256 e. The summed E-state index contributed by atoms with van der Waals surface area (Å²) in [4.78, 5) is 17.6. The van der Waals surface area contributed by atoms with Crippen molar-refractivity contribution in [1.29, 1.82) is 0 Å². The van der Waals surface area contributed by atoms with Gasteiger partial charge in [-0.05, 0) is 13.1 Å². The normalized spacial score (nSPS) is 25.6. The van der Waals surface area contributed by atoms with Crippen molar-refractivity contribution >= 4 is 16.8 Å². The van der Waals surface area contributed by atoms with Crippen molar-refractivity contribution in [3.63, 3.8) is 0 Å². The minimum atomic E-state index is 0.137. The predicted octanol–water partition coefficient (Wildman–Crippen LogP) is 1.58. The minimum Gasteiger partial charge on any atom is -0.379 e. The molecule has 2 aliphatic heterocycles. The van der Waals surface area contributed by atoms with Crippen LogP contribution >= 0.6 is 0 Å². The molecule has 23 heavy (non-hydrogen) atoms. The van der Waals surface area contributed by atoms with Gasteiger partial charge in [-0.25, -0.2) is 0 Å². The summed E-state index contributed by atoms with van der Waals surface area (Å²) in [6.07, 6.45) is 1.96. The van der Waals surface area contributed by atoms with Gasteiger partial charge >= 0.3 is 0 Å². The second kappa shape index (κ2) is 5.65. The molecule has 5 nitrogen and oxygen atoms in total. The summed E-state index contributed by atoms with van der Waals surface area (Å²) in [7, 11) is 4.13. The average molecular weight is 313 g/mol. The summed E-state index contributed by atoms with van der Waals surface area (Å²) in [6, 6.07) is 8.24. The van der Waals surface area contributed by atoms with Crippen molar-refractivity contribution in [2.24, 2.45) is 13.0 Å². The number of amides is 1. The third-order valence-corrected chi connectivity index (χ3v) is 5.04. The topological polar surface area (TPSA) is 37.7 Å². The van der Waals surface area contributed by atoms with E-state index in [4.69, 9.17) is 4.74 Å². The monoisotopic (exact) mass is 313 g/mol. The Morgan fingerprint density at radius 1 is 1.13 bits per heavy atom. The lowest BCUT2D eigenvalue weighted by atomic mass is 10.1. The highest BCUT2D eigenvalue weighted by Gasteiger charge is 2.35. The van der Waals surface area contributed by atoms with Gasteiger partial charge in [-0.1, -0.05) is 18.2 Å². The highest BCUT2D eigenvalue weighted by atomic mass is 16.5. The molecule has 1 amide bonds. The van der Waals surface area contributed by atoms with E-state index in [1.54, 1.807) is 0 Å². The molecule has 0 N–H and O–H groups in total. The molecule has 2 saturated heterocycles. The maximum atomic E-state index is 13.3. The van der Waals surface area contributed by atoms with Crippen LogP contribution in [-0.2, 0) is 11.8 Å². The van der Waals surface area contributed by atoms with Crippen LogP contribution in [0.4, 0.5) is 0 Å². The Hall–Kier alpha value is -1.85. The Morgan fingerprint density at radius 2 is 1.96 bits per heavy atom. The Balaban J connectivity index is 1.72. The lowest BCUT2D eigenvalue weighted by molar-refractivity contribution is 0.0484. The highest BCUT2D eigenvalue weighted by Crippen LogP contribution is 2.25. The maximum Gasteiger partial charge on any atom is 0.256 e. The van der Waals surface area contributed by atoms with E-state index >= 15 is 0 Å². The quantitative estimate of drug-likeness (QED) is 0.802. The Morgan fingerprint density at radius 3 is 2.83 bits per heavy atom. The zero-order valence-electron chi connectivity index (χ0n) is 13.7. The molecule has 1 aromatic carbocycles. The molecular weight excluding hydrogens is 290 g/mol. The van der Waals surface area contributed by atoms with Gasteiger partial charge in [0.05, 0.1) is 24.8 Å². The van der Waals surface area contributed by atoms with Gasteiger partial charge in [0.25, 0.3) is 5.91 Å². The molecule has 0 radical (unpaired) electrons. The first-order chi connectivity index (χ1) is 11.1. The molecule has 2 aromatic rings. The van der Waals surface area contributed by atoms with Crippen LogP contribution < -0.4 is 0 Å². The first kappa shape index (κ1) is 14.7. The second-order valence-electron chi connectivity index (χ2n) is 6.91. The molecule has 1 aromatic heterocycles. The standard InChI is InChI=1S/C18H23N3O2/c1-19-7-13-8-21(14(9-19)12-23-11-13)18(22)16-10-20(2)17-6-4-3-5-15(16)17/h3-6,10,13-14H,7-9,11-12H2,1-2H3/t13-,14-/m0/s1. The lowest BCUT2D eigenvalue weighted by Gasteiger charge is -2.29. The Labute approximate surface area is 136 Å². The number of fused-ring (bicyclic) bond motifs is 4. The van der Waals surface area contributed by atoms with Gasteiger partial charge in [-0.2, -0.15) is 0 Å². The van der Waals surface area contributed by atoms with Crippen LogP contribution in [-0.4, -0.2) is 66.2 Å². The SMILES string of the molecule is CN1C[C@@H]2COC[C@H](C1)N(C(=O)c1cn(C)c3ccccc13)C2. The molecule has 4 rings (SSSR count). The number of benzene rings is 1. The molecule has 122 valence electrons. The maximum absolute atomic E-state index is 13.3. The number of carbonyl (C=O) groups excluding carboxylic acids is 1. The van der Waals surface area contributed by atoms with E-state index in [1.165, 1.54) is 0 Å². The van der Waals surface area contributed by atoms with E-state index in [-0.39, 0.29) is 11.9 Å². The predicted molar refractivity (Wildman–Crippen MR) is 89.5 cm³/mol. The summed E-state index contributed by atoms with van der Waals surface area (Å²) >= 11 is 0. The number of carbonyl (C=O) groups is 1. The number of aromatic nitrogens is 1. The molecule has 0 saturated carbocycles. The first-order valence-corrected chi connectivity index (χ1v) is 8.25. The van der Waals surface area contributed by atoms with E-state index in [0.29, 0.717) is 12.5 Å². The molecule has 0 aliphatic carbocycles. The van der Waals surface area contributed by atoms with Gasteiger partial charge in [-0.3, -0.25) is 4.79 Å². The van der Waals surface area contributed by atoms with Crippen LogP contribution in [0.5, 0.6) is 0 Å². The van der Waals surface area contributed by atoms with Gasteiger partial charge < -0.3 is 19.1 Å². The molecule has 3 heterocycles. The summed E-state index contributed by atoms with van der Waals surface area (Å²) in [5, 5.41) is 1.04. The zero-order valence-corrected chi connectivity index (χ0v) is 13.7. The third kappa shape index (κ3) is 2.54. The summed E-state index contributed by atoms with van der Waals surface area (Å²) in [6.45, 7) is 4.05. The number of rotatable bonds is 1. The molecule has 0 spiro atoms. The lowest BCUT2D eigenvalue weighted by Crippen LogP contribution is -2.45. The van der Waals surface area contributed by atoms with Crippen molar-refractivity contribution < 1.29 is 9.53 Å². The van der Waals surface area contributed by atoms with E-state index in [2.05, 4.69) is 18.0 Å². The van der Waals surface area contributed by atoms with Crippen molar-refractivity contribution in [1.82, 2.24) is 14.4 Å². The van der Waals surface area contributed by atoms with Crippen LogP contribution in [0.3, 0.4) is 0 Å². The second-order valence-corrected chi connectivity index (χ2v) is 6.91. The van der Waals surface area contributed by atoms with Crippen molar-refractivity contribution in [2.45, 2.75) is 6.04 Å². The average Bonchev–Trinajstić information content (AvgIpc) is 2.66. The van der Waals surface area contributed by atoms with E-state index in [1.807, 2.05) is 40.9 Å². The molecule has 2 aliphatic rings. The highest BCUT2D eigenvalue weighted by molar-refractivity contribution is 6.07. The van der Waals surface area contributed by atoms with Crippen molar-refractivity contribution in [2.75, 3.05) is 39.9 Å². The van der Waals surface area contributed by atoms with Gasteiger partial charge in [-0.15, -0.1) is 0 Å². The molecule has 2 fully saturated rings. The van der Waals surface area contributed by atoms with Crippen LogP contribution in [0, 0.1) is 5.92 Å². The number of para-hydroxylation sites is 1. The van der Waals surface area contributed by atoms with Crippen LogP contribution in [0.2, 0.25) is 0 Å². The van der Waals surface area contributed by atoms with Crippen LogP contribution in [0.15, 0.2) is 30.5 Å². The van der Waals surface area contributed by atoms with Gasteiger partial charge in [0.1, 0.15) is 0 Å². The van der Waals surface area contributed by atoms with E-state index < -0.39 is 0 Å². The van der Waals surface area contributed by atoms with Gasteiger partial charge in [0.15, 0.2) is 0 Å². The minimum absolute atomic E-state index is 0.137. The summed E-state index contributed by atoms with van der Waals surface area (Å²) in [5.74, 6) is 0.532. The number of ether oxygens (including phenoxy) is 1. The first-order valence-electron chi connectivity index (χ1n) is 8.25.